The van der Waals surface area contributed by atoms with Crippen LogP contribution in [0.25, 0.3) is 0 Å². The van der Waals surface area contributed by atoms with Crippen LogP contribution in [0.4, 0.5) is 0 Å². The van der Waals surface area contributed by atoms with Crippen molar-refractivity contribution in [3.63, 3.8) is 0 Å². The summed E-state index contributed by atoms with van der Waals surface area (Å²) in [5, 5.41) is 10.1. The van der Waals surface area contributed by atoms with Gasteiger partial charge in [-0.3, -0.25) is 4.99 Å². The van der Waals surface area contributed by atoms with Crippen LogP contribution >= 0.6 is 24.0 Å². The van der Waals surface area contributed by atoms with Crippen LogP contribution in [0.1, 0.15) is 18.6 Å². The van der Waals surface area contributed by atoms with Crippen LogP contribution in [0.15, 0.2) is 9.52 Å². The Balaban J connectivity index is 0.00000128. The van der Waals surface area contributed by atoms with Gasteiger partial charge in [-0.25, -0.2) is 0 Å². The molecule has 90 valence electrons. The van der Waals surface area contributed by atoms with Crippen LogP contribution in [0.5, 0.6) is 0 Å². The molecule has 1 aliphatic rings. The summed E-state index contributed by atoms with van der Waals surface area (Å²) in [5.74, 6) is 2.19. The Morgan fingerprint density at radius 3 is 2.94 bits per heavy atom. The van der Waals surface area contributed by atoms with Gasteiger partial charge in [-0.2, -0.15) is 4.98 Å². The summed E-state index contributed by atoms with van der Waals surface area (Å²) in [6.07, 6.45) is 0.718. The summed E-state index contributed by atoms with van der Waals surface area (Å²) in [7, 11) is 0. The minimum atomic E-state index is 0. The van der Waals surface area contributed by atoms with Gasteiger partial charge in [0, 0.05) is 19.0 Å². The Hall–Kier alpha value is -0.860. The molecule has 7 heteroatoms. The first-order chi connectivity index (χ1) is 7.24. The minimum absolute atomic E-state index is 0. The molecule has 0 saturated heterocycles. The van der Waals surface area contributed by atoms with E-state index in [2.05, 4.69) is 32.7 Å². The normalized spacial score (nSPS) is 18.6. The molecule has 2 rings (SSSR count). The number of nitrogens with zero attached hydrogens (tertiary/aromatic N) is 3. The van der Waals surface area contributed by atoms with Crippen molar-refractivity contribution in [2.24, 2.45) is 4.99 Å². The molecule has 0 aromatic carbocycles. The lowest BCUT2D eigenvalue weighted by Gasteiger charge is -2.06. The lowest BCUT2D eigenvalue weighted by molar-refractivity contribution is 0.374. The molecule has 0 bridgehead atoms. The molecular weight excluding hydrogens is 321 g/mol. The maximum atomic E-state index is 4.99. The number of rotatable bonds is 3. The van der Waals surface area contributed by atoms with E-state index in [-0.39, 0.29) is 24.0 Å². The van der Waals surface area contributed by atoms with E-state index in [0.29, 0.717) is 17.8 Å². The highest BCUT2D eigenvalue weighted by Gasteiger charge is 2.11. The van der Waals surface area contributed by atoms with Crippen molar-refractivity contribution in [2.45, 2.75) is 26.3 Å². The number of aliphatic imine (C=N–C) groups is 1. The molecule has 0 fully saturated rings. The maximum Gasteiger partial charge on any atom is 0.228 e. The number of nitrogens with one attached hydrogen (secondary N) is 2. The summed E-state index contributed by atoms with van der Waals surface area (Å²) in [6.45, 7) is 5.49. The topological polar surface area (TPSA) is 75.3 Å². The van der Waals surface area contributed by atoms with E-state index < -0.39 is 0 Å². The lowest BCUT2D eigenvalue weighted by Crippen LogP contribution is -2.38. The first-order valence-electron chi connectivity index (χ1n) is 5.08. The van der Waals surface area contributed by atoms with Crippen molar-refractivity contribution < 1.29 is 4.52 Å². The number of guanidine groups is 1. The molecule has 0 radical (unpaired) electrons. The molecule has 16 heavy (non-hydrogen) atoms. The molecule has 1 aliphatic heterocycles. The third-order valence-corrected chi connectivity index (χ3v) is 2.11. The monoisotopic (exact) mass is 337 g/mol. The van der Waals surface area contributed by atoms with Gasteiger partial charge in [0.2, 0.25) is 5.89 Å². The third-order valence-electron chi connectivity index (χ3n) is 2.11. The smallest absolute Gasteiger partial charge is 0.228 e. The Morgan fingerprint density at radius 2 is 2.38 bits per heavy atom. The Labute approximate surface area is 111 Å². The van der Waals surface area contributed by atoms with Gasteiger partial charge in [0.05, 0.1) is 6.54 Å². The second kappa shape index (κ2) is 6.02. The Bertz CT molecular complexity index is 365. The minimum Gasteiger partial charge on any atom is -0.356 e. The fourth-order valence-electron chi connectivity index (χ4n) is 1.39. The van der Waals surface area contributed by atoms with E-state index in [0.717, 1.165) is 25.5 Å². The molecule has 1 atom stereocenters. The van der Waals surface area contributed by atoms with Crippen LogP contribution in [-0.2, 0) is 6.42 Å². The highest BCUT2D eigenvalue weighted by molar-refractivity contribution is 14.0. The van der Waals surface area contributed by atoms with Gasteiger partial charge < -0.3 is 15.2 Å². The molecule has 1 aromatic heterocycles. The average Bonchev–Trinajstić information content (AvgIpc) is 2.76. The fraction of sp³-hybridized carbons (Fsp3) is 0.667. The van der Waals surface area contributed by atoms with Crippen molar-refractivity contribution in [3.8, 4) is 0 Å². The molecule has 2 heterocycles. The Kier molecular flexibility index (Phi) is 4.97. The number of halogens is 1. The van der Waals surface area contributed by atoms with Gasteiger partial charge in [-0.15, -0.1) is 24.0 Å². The van der Waals surface area contributed by atoms with Crippen molar-refractivity contribution in [3.05, 3.63) is 11.7 Å². The highest BCUT2D eigenvalue weighted by atomic mass is 127. The molecule has 0 saturated carbocycles. The third kappa shape index (κ3) is 3.62. The largest absolute Gasteiger partial charge is 0.356 e. The molecule has 1 unspecified atom stereocenters. The van der Waals surface area contributed by atoms with Gasteiger partial charge in [-0.05, 0) is 13.8 Å². The van der Waals surface area contributed by atoms with Gasteiger partial charge in [0.25, 0.3) is 0 Å². The molecular formula is C9H16IN5O. The molecule has 0 aliphatic carbocycles. The Morgan fingerprint density at radius 1 is 1.56 bits per heavy atom. The van der Waals surface area contributed by atoms with Crippen molar-refractivity contribution in [1.82, 2.24) is 20.8 Å². The van der Waals surface area contributed by atoms with Crippen molar-refractivity contribution in [2.75, 3.05) is 13.1 Å². The zero-order valence-electron chi connectivity index (χ0n) is 9.36. The van der Waals surface area contributed by atoms with E-state index in [4.69, 9.17) is 4.52 Å². The summed E-state index contributed by atoms with van der Waals surface area (Å²) >= 11 is 0. The van der Waals surface area contributed by atoms with Crippen molar-refractivity contribution in [1.29, 1.82) is 0 Å². The molecule has 6 nitrogen and oxygen atoms in total. The van der Waals surface area contributed by atoms with Gasteiger partial charge in [-0.1, -0.05) is 5.16 Å². The van der Waals surface area contributed by atoms with E-state index >= 15 is 0 Å². The first-order valence-corrected chi connectivity index (χ1v) is 5.08. The van der Waals surface area contributed by atoms with Crippen molar-refractivity contribution >= 4 is 29.9 Å². The van der Waals surface area contributed by atoms with Crippen LogP contribution in [-0.4, -0.2) is 35.2 Å². The van der Waals surface area contributed by atoms with Crippen LogP contribution in [0.2, 0.25) is 0 Å². The maximum absolute atomic E-state index is 4.99. The number of aryl methyl sites for hydroxylation is 1. The standard InChI is InChI=1S/C9H15N5O.HI/c1-6-5-11-9(12-6)10-4-3-8-13-7(2)14-15-8;/h6H,3-5H2,1-2H3,(H2,10,11,12);1H. The van der Waals surface area contributed by atoms with Gasteiger partial charge >= 0.3 is 0 Å². The zero-order chi connectivity index (χ0) is 10.7. The van der Waals surface area contributed by atoms with Gasteiger partial charge in [0.15, 0.2) is 11.8 Å². The molecule has 0 spiro atoms. The van der Waals surface area contributed by atoms with E-state index in [1.54, 1.807) is 0 Å². The van der Waals surface area contributed by atoms with E-state index in [1.807, 2.05) is 6.92 Å². The second-order valence-electron chi connectivity index (χ2n) is 3.65. The van der Waals surface area contributed by atoms with Crippen LogP contribution in [0.3, 0.4) is 0 Å². The summed E-state index contributed by atoms with van der Waals surface area (Å²) in [4.78, 5) is 8.39. The lowest BCUT2D eigenvalue weighted by atomic mass is 10.4. The predicted molar refractivity (Wildman–Crippen MR) is 71.1 cm³/mol. The second-order valence-corrected chi connectivity index (χ2v) is 3.65. The zero-order valence-corrected chi connectivity index (χ0v) is 11.7. The summed E-state index contributed by atoms with van der Waals surface area (Å²) in [6, 6.07) is 0.429. The van der Waals surface area contributed by atoms with Gasteiger partial charge in [0.1, 0.15) is 0 Å². The highest BCUT2D eigenvalue weighted by Crippen LogP contribution is 1.96. The SMILES string of the molecule is Cc1noc(CCNC2=NCC(C)N2)n1.I. The molecule has 2 N–H and O–H groups in total. The fourth-order valence-corrected chi connectivity index (χ4v) is 1.39. The molecule has 1 aromatic rings. The van der Waals surface area contributed by atoms with Crippen LogP contribution < -0.4 is 10.6 Å². The quantitative estimate of drug-likeness (QED) is 0.785. The van der Waals surface area contributed by atoms with Crippen LogP contribution in [0, 0.1) is 6.92 Å². The van der Waals surface area contributed by atoms with E-state index in [9.17, 15) is 0 Å². The number of hydrogen-bond acceptors (Lipinski definition) is 6. The predicted octanol–water partition coefficient (Wildman–Crippen LogP) is 0.476. The molecule has 0 amide bonds. The average molecular weight is 337 g/mol. The number of aromatic nitrogens is 2. The summed E-state index contributed by atoms with van der Waals surface area (Å²) < 4.78 is 4.99. The van der Waals surface area contributed by atoms with E-state index in [1.165, 1.54) is 0 Å². The number of hydrogen-bond donors (Lipinski definition) is 2. The summed E-state index contributed by atoms with van der Waals surface area (Å²) in [5.41, 5.74) is 0. The first kappa shape index (κ1) is 13.2.